The lowest BCUT2D eigenvalue weighted by atomic mass is 9.69. The van der Waals surface area contributed by atoms with E-state index in [9.17, 15) is 9.59 Å². The van der Waals surface area contributed by atoms with Crippen LogP contribution < -0.4 is 15.5 Å². The van der Waals surface area contributed by atoms with Gasteiger partial charge in [-0.15, -0.1) is 0 Å². The lowest BCUT2D eigenvalue weighted by molar-refractivity contribution is -0.125. The molecule has 0 aromatic heterocycles. The Balaban J connectivity index is 1.86. The maximum absolute atomic E-state index is 13.7. The summed E-state index contributed by atoms with van der Waals surface area (Å²) in [5, 5.41) is 6.99. The predicted molar refractivity (Wildman–Crippen MR) is 110 cm³/mol. The Hall–Kier alpha value is -3.08. The second-order valence-corrected chi connectivity index (χ2v) is 8.72. The molecule has 0 radical (unpaired) electrons. The minimum absolute atomic E-state index is 0.0255. The topological polar surface area (TPSA) is 61.4 Å². The van der Waals surface area contributed by atoms with Crippen molar-refractivity contribution in [3.8, 4) is 0 Å². The number of ketones is 1. The van der Waals surface area contributed by atoms with Gasteiger partial charge in [0.1, 0.15) is 0 Å². The largest absolute Gasteiger partial charge is 0.362 e. The second-order valence-electron chi connectivity index (χ2n) is 8.72. The lowest BCUT2D eigenvalue weighted by Gasteiger charge is -2.38. The average Bonchev–Trinajstić information content (AvgIpc) is 2.78. The van der Waals surface area contributed by atoms with Crippen LogP contribution in [0.5, 0.6) is 0 Å². The van der Waals surface area contributed by atoms with Gasteiger partial charge in [0.05, 0.1) is 16.9 Å². The number of benzene rings is 2. The predicted octanol–water partition coefficient (Wildman–Crippen LogP) is 4.04. The van der Waals surface area contributed by atoms with E-state index >= 15 is 0 Å². The number of nitrogens with zero attached hydrogens (tertiary/aromatic N) is 1. The smallest absolute Gasteiger partial charge is 0.262 e. The summed E-state index contributed by atoms with van der Waals surface area (Å²) in [4.78, 5) is 28.8. The van der Waals surface area contributed by atoms with Crippen molar-refractivity contribution in [3.63, 3.8) is 0 Å². The molecule has 0 fully saturated rings. The number of carbonyl (C=O) groups excluding carboxylic acids is 2. The standard InChI is InChI=1S/C23H23N3O2/c1-22(2)12-17-20(19(27)13-22)23(25-16-10-6-5-9-15(16)24-17)14-8-4-7-11-18(14)26(3)21(23)28/h4-11,24-25H,12-13H2,1-3H3/t23-/m1/s1. The third kappa shape index (κ3) is 2.13. The van der Waals surface area contributed by atoms with Crippen LogP contribution in [-0.2, 0) is 15.1 Å². The molecular weight excluding hydrogens is 350 g/mol. The highest BCUT2D eigenvalue weighted by Gasteiger charge is 2.57. The summed E-state index contributed by atoms with van der Waals surface area (Å²) >= 11 is 0. The monoisotopic (exact) mass is 373 g/mol. The number of allylic oxidation sites excluding steroid dienone is 1. The van der Waals surface area contributed by atoms with E-state index in [0.717, 1.165) is 28.3 Å². The van der Waals surface area contributed by atoms with E-state index in [-0.39, 0.29) is 17.1 Å². The van der Waals surface area contributed by atoms with Gasteiger partial charge < -0.3 is 15.5 Å². The van der Waals surface area contributed by atoms with Crippen LogP contribution in [0, 0.1) is 5.41 Å². The van der Waals surface area contributed by atoms with Crippen LogP contribution in [0.3, 0.4) is 0 Å². The molecule has 5 nitrogen and oxygen atoms in total. The van der Waals surface area contributed by atoms with Gasteiger partial charge >= 0.3 is 0 Å². The van der Waals surface area contributed by atoms with Gasteiger partial charge in [0.15, 0.2) is 11.3 Å². The molecule has 2 aromatic rings. The first-order valence-corrected chi connectivity index (χ1v) is 9.62. The molecule has 1 aliphatic carbocycles. The molecular formula is C23H23N3O2. The normalized spacial score (nSPS) is 24.9. The van der Waals surface area contributed by atoms with Gasteiger partial charge in [0.2, 0.25) is 0 Å². The molecule has 1 amide bonds. The number of amides is 1. The van der Waals surface area contributed by atoms with Crippen LogP contribution in [0.1, 0.15) is 32.3 Å². The van der Waals surface area contributed by atoms with Crippen LogP contribution in [-0.4, -0.2) is 18.7 Å². The third-order valence-electron chi connectivity index (χ3n) is 6.08. The van der Waals surface area contributed by atoms with E-state index in [1.54, 1.807) is 11.9 Å². The third-order valence-corrected chi connectivity index (χ3v) is 6.08. The number of likely N-dealkylation sites (N-methyl/N-ethyl adjacent to an activating group) is 1. The number of anilines is 3. The van der Waals surface area contributed by atoms with E-state index in [4.69, 9.17) is 0 Å². The van der Waals surface area contributed by atoms with Gasteiger partial charge in [0.25, 0.3) is 5.91 Å². The fourth-order valence-electron chi connectivity index (χ4n) is 4.91. The molecule has 28 heavy (non-hydrogen) atoms. The maximum atomic E-state index is 13.7. The molecule has 0 unspecified atom stereocenters. The molecule has 5 heteroatoms. The van der Waals surface area contributed by atoms with Crippen LogP contribution in [0.15, 0.2) is 59.8 Å². The van der Waals surface area contributed by atoms with Crippen molar-refractivity contribution in [3.05, 3.63) is 65.4 Å². The number of carbonyl (C=O) groups is 2. The molecule has 3 aliphatic rings. The minimum atomic E-state index is -1.20. The Morgan fingerprint density at radius 1 is 0.929 bits per heavy atom. The van der Waals surface area contributed by atoms with Gasteiger partial charge in [0, 0.05) is 30.4 Å². The Bertz CT molecular complexity index is 1070. The van der Waals surface area contributed by atoms with Crippen LogP contribution >= 0.6 is 0 Å². The van der Waals surface area contributed by atoms with E-state index in [0.29, 0.717) is 18.4 Å². The Kier molecular flexibility index (Phi) is 3.33. The van der Waals surface area contributed by atoms with Crippen molar-refractivity contribution >= 4 is 28.8 Å². The number of Topliss-reactive ketones (excluding diaryl/α,β-unsaturated/α-hetero) is 1. The molecule has 142 valence electrons. The van der Waals surface area contributed by atoms with E-state index in [2.05, 4.69) is 24.5 Å². The van der Waals surface area contributed by atoms with Crippen LogP contribution in [0.2, 0.25) is 0 Å². The summed E-state index contributed by atoms with van der Waals surface area (Å²) in [5.41, 5.74) is 3.43. The lowest BCUT2D eigenvalue weighted by Crippen LogP contribution is -2.50. The summed E-state index contributed by atoms with van der Waals surface area (Å²) < 4.78 is 0. The van der Waals surface area contributed by atoms with Crippen LogP contribution in [0.25, 0.3) is 0 Å². The molecule has 1 spiro atoms. The first kappa shape index (κ1) is 17.0. The summed E-state index contributed by atoms with van der Waals surface area (Å²) in [5.74, 6) is -0.0923. The van der Waals surface area contributed by atoms with Gasteiger partial charge in [-0.2, -0.15) is 0 Å². The Morgan fingerprint density at radius 2 is 1.61 bits per heavy atom. The van der Waals surface area contributed by atoms with Crippen molar-refractivity contribution in [1.29, 1.82) is 0 Å². The molecule has 2 N–H and O–H groups in total. The van der Waals surface area contributed by atoms with Crippen molar-refractivity contribution in [1.82, 2.24) is 0 Å². The van der Waals surface area contributed by atoms with Crippen molar-refractivity contribution in [2.75, 3.05) is 22.6 Å². The zero-order chi connectivity index (χ0) is 19.7. The van der Waals surface area contributed by atoms with Gasteiger partial charge in [-0.3, -0.25) is 9.59 Å². The summed E-state index contributed by atoms with van der Waals surface area (Å²) in [6, 6.07) is 15.6. The summed E-state index contributed by atoms with van der Waals surface area (Å²) in [7, 11) is 1.78. The molecule has 0 saturated carbocycles. The fourth-order valence-corrected chi connectivity index (χ4v) is 4.91. The number of hydrogen-bond acceptors (Lipinski definition) is 4. The van der Waals surface area contributed by atoms with E-state index in [1.807, 2.05) is 48.5 Å². The number of rotatable bonds is 0. The maximum Gasteiger partial charge on any atom is 0.262 e. The zero-order valence-electron chi connectivity index (χ0n) is 16.3. The van der Waals surface area contributed by atoms with Gasteiger partial charge in [-0.1, -0.05) is 44.2 Å². The molecule has 0 bridgehead atoms. The Morgan fingerprint density at radius 3 is 2.39 bits per heavy atom. The Labute approximate surface area is 164 Å². The molecule has 0 saturated heterocycles. The van der Waals surface area contributed by atoms with E-state index in [1.165, 1.54) is 0 Å². The van der Waals surface area contributed by atoms with Crippen LogP contribution in [0.4, 0.5) is 17.1 Å². The van der Waals surface area contributed by atoms with Crippen molar-refractivity contribution < 1.29 is 9.59 Å². The highest BCUT2D eigenvalue weighted by atomic mass is 16.2. The molecule has 5 rings (SSSR count). The number of para-hydroxylation sites is 3. The van der Waals surface area contributed by atoms with Gasteiger partial charge in [-0.25, -0.2) is 0 Å². The average molecular weight is 373 g/mol. The van der Waals surface area contributed by atoms with E-state index < -0.39 is 5.54 Å². The van der Waals surface area contributed by atoms with Crippen molar-refractivity contribution in [2.45, 2.75) is 32.2 Å². The molecule has 2 aromatic carbocycles. The minimum Gasteiger partial charge on any atom is -0.362 e. The van der Waals surface area contributed by atoms with Gasteiger partial charge in [-0.05, 0) is 30.0 Å². The number of hydrogen-bond donors (Lipinski definition) is 2. The highest BCUT2D eigenvalue weighted by molar-refractivity contribution is 6.19. The second kappa shape index (κ2) is 5.47. The molecule has 1 atom stereocenters. The number of nitrogens with one attached hydrogen (secondary N) is 2. The molecule has 2 heterocycles. The quantitative estimate of drug-likeness (QED) is 0.732. The SMILES string of the molecule is CN1C(=O)[C@@]2(Nc3ccccc3NC3=C2C(=O)CC(C)(C)C3)c2ccccc21. The fraction of sp³-hybridized carbons (Fsp3) is 0.304. The van der Waals surface area contributed by atoms with Crippen molar-refractivity contribution in [2.24, 2.45) is 5.41 Å². The summed E-state index contributed by atoms with van der Waals surface area (Å²) in [6.07, 6.45) is 1.14. The molecule has 2 aliphatic heterocycles. The number of fused-ring (bicyclic) bond motifs is 4. The first-order chi connectivity index (χ1) is 13.3. The first-order valence-electron chi connectivity index (χ1n) is 9.62. The summed E-state index contributed by atoms with van der Waals surface area (Å²) in [6.45, 7) is 4.20. The zero-order valence-corrected chi connectivity index (χ0v) is 16.3. The highest BCUT2D eigenvalue weighted by Crippen LogP contribution is 2.53.